The van der Waals surface area contributed by atoms with Crippen molar-refractivity contribution in [3.05, 3.63) is 95.5 Å². The fourth-order valence-corrected chi connectivity index (χ4v) is 6.75. The number of nitrogens with zero attached hydrogens (tertiary/aromatic N) is 2. The van der Waals surface area contributed by atoms with Gasteiger partial charge in [-0.25, -0.2) is 8.42 Å². The van der Waals surface area contributed by atoms with Crippen LogP contribution in [0.3, 0.4) is 0 Å². The average Bonchev–Trinajstić information content (AvgIpc) is 3.47. The van der Waals surface area contributed by atoms with Crippen molar-refractivity contribution in [3.8, 4) is 0 Å². The number of carbonyl (C=O) groups is 2. The predicted octanol–water partition coefficient (Wildman–Crippen LogP) is 5.44. The zero-order valence-electron chi connectivity index (χ0n) is 22.7. The lowest BCUT2D eigenvalue weighted by atomic mass is 10.1. The predicted molar refractivity (Wildman–Crippen MR) is 159 cm³/mol. The largest absolute Gasteiger partial charge is 0.352 e. The summed E-state index contributed by atoms with van der Waals surface area (Å²) in [6.07, 6.45) is 4.94. The summed E-state index contributed by atoms with van der Waals surface area (Å²) in [5.74, 6) is -0.653. The summed E-state index contributed by atoms with van der Waals surface area (Å²) >= 11 is 6.23. The molecular weight excluding hydrogens is 546 g/mol. The quantitative estimate of drug-likeness (QED) is 0.308. The van der Waals surface area contributed by atoms with Crippen LogP contribution in [0.15, 0.2) is 89.8 Å². The highest BCUT2D eigenvalue weighted by atomic mass is 35.5. The smallest absolute Gasteiger partial charge is 0.264 e. The fourth-order valence-electron chi connectivity index (χ4n) is 5.14. The van der Waals surface area contributed by atoms with Gasteiger partial charge in [0.15, 0.2) is 0 Å². The number of hydrogen-bond donors (Lipinski definition) is 1. The lowest BCUT2D eigenvalue weighted by Crippen LogP contribution is -2.54. The normalized spacial score (nSPS) is 14.4. The maximum absolute atomic E-state index is 14.1. The summed E-state index contributed by atoms with van der Waals surface area (Å²) in [6, 6.07) is 23.5. The molecule has 1 N–H and O–H groups in total. The van der Waals surface area contributed by atoms with Gasteiger partial charge in [0.2, 0.25) is 11.8 Å². The minimum atomic E-state index is -4.11. The Labute approximate surface area is 242 Å². The Morgan fingerprint density at radius 1 is 0.950 bits per heavy atom. The van der Waals surface area contributed by atoms with Gasteiger partial charge in [-0.2, -0.15) is 0 Å². The molecule has 0 aliphatic heterocycles. The molecule has 0 unspecified atom stereocenters. The van der Waals surface area contributed by atoms with Gasteiger partial charge in [0.1, 0.15) is 12.6 Å². The van der Waals surface area contributed by atoms with Crippen LogP contribution in [-0.2, 0) is 26.0 Å². The molecule has 0 saturated heterocycles. The van der Waals surface area contributed by atoms with E-state index in [0.717, 1.165) is 35.6 Å². The monoisotopic (exact) mass is 581 g/mol. The van der Waals surface area contributed by atoms with Gasteiger partial charge >= 0.3 is 0 Å². The van der Waals surface area contributed by atoms with Gasteiger partial charge in [0.25, 0.3) is 10.0 Å². The molecule has 7 nitrogen and oxygen atoms in total. The number of amides is 2. The zero-order valence-corrected chi connectivity index (χ0v) is 24.3. The molecule has 0 heterocycles. The van der Waals surface area contributed by atoms with E-state index < -0.39 is 28.5 Å². The number of nitrogens with one attached hydrogen (secondary N) is 1. The van der Waals surface area contributed by atoms with Crippen LogP contribution in [0.1, 0.15) is 44.6 Å². The first-order valence-electron chi connectivity index (χ1n) is 13.8. The van der Waals surface area contributed by atoms with Crippen LogP contribution < -0.4 is 9.62 Å². The second kappa shape index (κ2) is 13.8. The van der Waals surface area contributed by atoms with Crippen molar-refractivity contribution < 1.29 is 18.0 Å². The van der Waals surface area contributed by atoms with E-state index >= 15 is 0 Å². The molecule has 3 aromatic carbocycles. The standard InChI is InChI=1S/C31H36ClN3O4S/c1-2-29(31(37)33-26-15-9-10-16-26)34(21-20-24-12-5-3-6-13-24)30(36)23-35(27-17-11-14-25(32)22-27)40(38,39)28-18-7-4-8-19-28/h3-8,11-14,17-19,22,26,29H,2,9-10,15-16,20-21,23H2,1H3,(H,33,37)/t29-/m0/s1. The number of benzene rings is 3. The van der Waals surface area contributed by atoms with Crippen molar-refractivity contribution in [2.24, 2.45) is 0 Å². The molecule has 0 bridgehead atoms. The number of hydrogen-bond acceptors (Lipinski definition) is 4. The van der Waals surface area contributed by atoms with Gasteiger partial charge in [-0.1, -0.05) is 86.0 Å². The Bertz CT molecular complexity index is 1380. The molecule has 9 heteroatoms. The van der Waals surface area contributed by atoms with E-state index in [1.54, 1.807) is 36.4 Å². The van der Waals surface area contributed by atoms with Gasteiger partial charge in [0.05, 0.1) is 10.6 Å². The molecule has 1 atom stereocenters. The topological polar surface area (TPSA) is 86.8 Å². The molecule has 1 aliphatic rings. The van der Waals surface area contributed by atoms with E-state index in [-0.39, 0.29) is 29.1 Å². The Morgan fingerprint density at radius 2 is 1.60 bits per heavy atom. The fraction of sp³-hybridized carbons (Fsp3) is 0.355. The SMILES string of the molecule is CC[C@@H](C(=O)NC1CCCC1)N(CCc1ccccc1)C(=O)CN(c1cccc(Cl)c1)S(=O)(=O)c1ccccc1. The molecule has 0 aromatic heterocycles. The highest BCUT2D eigenvalue weighted by molar-refractivity contribution is 7.92. The van der Waals surface area contributed by atoms with Gasteiger partial charge in [0, 0.05) is 17.6 Å². The van der Waals surface area contributed by atoms with E-state index in [1.165, 1.54) is 23.1 Å². The molecule has 1 aliphatic carbocycles. The lowest BCUT2D eigenvalue weighted by molar-refractivity contribution is -0.139. The Morgan fingerprint density at radius 3 is 2.23 bits per heavy atom. The van der Waals surface area contributed by atoms with Crippen LogP contribution in [0.5, 0.6) is 0 Å². The summed E-state index contributed by atoms with van der Waals surface area (Å²) in [6.45, 7) is 1.67. The summed E-state index contributed by atoms with van der Waals surface area (Å²) in [7, 11) is -4.11. The van der Waals surface area contributed by atoms with Gasteiger partial charge in [-0.3, -0.25) is 13.9 Å². The number of sulfonamides is 1. The lowest BCUT2D eigenvalue weighted by Gasteiger charge is -2.33. The van der Waals surface area contributed by atoms with Crippen LogP contribution in [0.2, 0.25) is 5.02 Å². The number of carbonyl (C=O) groups excluding carboxylic acids is 2. The minimum Gasteiger partial charge on any atom is -0.352 e. The highest BCUT2D eigenvalue weighted by Gasteiger charge is 2.34. The maximum atomic E-state index is 14.1. The van der Waals surface area contributed by atoms with E-state index in [9.17, 15) is 18.0 Å². The van der Waals surface area contributed by atoms with Crippen LogP contribution in [0.4, 0.5) is 5.69 Å². The molecule has 0 radical (unpaired) electrons. The summed E-state index contributed by atoms with van der Waals surface area (Å²) in [4.78, 5) is 29.1. The zero-order chi connectivity index (χ0) is 28.5. The molecule has 0 spiro atoms. The van der Waals surface area contributed by atoms with E-state index in [1.807, 2.05) is 37.3 Å². The van der Waals surface area contributed by atoms with Crippen LogP contribution in [-0.4, -0.2) is 50.3 Å². The number of halogens is 1. The first-order valence-corrected chi connectivity index (χ1v) is 15.6. The van der Waals surface area contributed by atoms with E-state index in [4.69, 9.17) is 11.6 Å². The van der Waals surface area contributed by atoms with Crippen molar-refractivity contribution in [1.82, 2.24) is 10.2 Å². The first kappa shape index (κ1) is 29.6. The number of rotatable bonds is 12. The van der Waals surface area contributed by atoms with Crippen molar-refractivity contribution >= 4 is 39.1 Å². The highest BCUT2D eigenvalue weighted by Crippen LogP contribution is 2.27. The molecule has 40 heavy (non-hydrogen) atoms. The molecule has 1 saturated carbocycles. The summed E-state index contributed by atoms with van der Waals surface area (Å²) in [5, 5.41) is 3.48. The van der Waals surface area contributed by atoms with Crippen molar-refractivity contribution in [1.29, 1.82) is 0 Å². The maximum Gasteiger partial charge on any atom is 0.264 e. The van der Waals surface area contributed by atoms with Gasteiger partial charge < -0.3 is 10.2 Å². The molecule has 2 amide bonds. The number of anilines is 1. The molecular formula is C31H36ClN3O4S. The van der Waals surface area contributed by atoms with Crippen molar-refractivity contribution in [2.45, 2.75) is 62.4 Å². The van der Waals surface area contributed by atoms with Gasteiger partial charge in [-0.15, -0.1) is 0 Å². The van der Waals surface area contributed by atoms with Crippen LogP contribution >= 0.6 is 11.6 Å². The second-order valence-electron chi connectivity index (χ2n) is 10.0. The molecule has 1 fully saturated rings. The molecule has 4 rings (SSSR count). The second-order valence-corrected chi connectivity index (χ2v) is 12.3. The Kier molecular flexibility index (Phi) is 10.2. The van der Waals surface area contributed by atoms with Crippen molar-refractivity contribution in [3.63, 3.8) is 0 Å². The first-order chi connectivity index (χ1) is 19.3. The third-order valence-corrected chi connectivity index (χ3v) is 9.30. The Balaban J connectivity index is 1.66. The molecule has 3 aromatic rings. The average molecular weight is 582 g/mol. The van der Waals surface area contributed by atoms with Crippen LogP contribution in [0, 0.1) is 0 Å². The summed E-state index contributed by atoms with van der Waals surface area (Å²) in [5.41, 5.74) is 1.30. The molecule has 212 valence electrons. The van der Waals surface area contributed by atoms with E-state index in [2.05, 4.69) is 5.32 Å². The van der Waals surface area contributed by atoms with Crippen LogP contribution in [0.25, 0.3) is 0 Å². The Hall–Kier alpha value is -3.36. The third-order valence-electron chi connectivity index (χ3n) is 7.28. The third kappa shape index (κ3) is 7.43. The van der Waals surface area contributed by atoms with E-state index in [0.29, 0.717) is 17.9 Å². The minimum absolute atomic E-state index is 0.0598. The summed E-state index contributed by atoms with van der Waals surface area (Å²) < 4.78 is 28.7. The van der Waals surface area contributed by atoms with Crippen molar-refractivity contribution in [2.75, 3.05) is 17.4 Å². The van der Waals surface area contributed by atoms with Gasteiger partial charge in [-0.05, 0) is 61.6 Å².